The molecule has 1 aliphatic rings. The van der Waals surface area contributed by atoms with Gasteiger partial charge in [-0.1, -0.05) is 193 Å². The smallest absolute Gasteiger partial charge is 0.220 e. The van der Waals surface area contributed by atoms with Crippen LogP contribution in [-0.4, -0.2) is 87.5 Å². The van der Waals surface area contributed by atoms with Gasteiger partial charge in [0.2, 0.25) is 5.91 Å². The van der Waals surface area contributed by atoms with Crippen molar-refractivity contribution in [3.8, 4) is 0 Å². The number of carbonyl (C=O) groups excluding carboxylic acids is 1. The quantitative estimate of drug-likeness (QED) is 0.0272. The SMILES string of the molecule is CCCCCCCCCCCCCCCCCCCCCCCC/C=C/C(O)C(COC1OC(CO)C(O)C(O)C1O)NC(=O)CCCCCCCC. The number of hydrogen-bond acceptors (Lipinski definition) is 8. The summed E-state index contributed by atoms with van der Waals surface area (Å²) in [6.45, 7) is 3.71. The maximum atomic E-state index is 12.8. The van der Waals surface area contributed by atoms with Crippen LogP contribution in [0.5, 0.6) is 0 Å². The first kappa shape index (κ1) is 49.9. The van der Waals surface area contributed by atoms with E-state index in [1.54, 1.807) is 6.08 Å². The Bertz CT molecular complexity index is 842. The second kappa shape index (κ2) is 35.4. The molecule has 1 fully saturated rings. The van der Waals surface area contributed by atoms with Crippen molar-refractivity contribution in [2.24, 2.45) is 0 Å². The van der Waals surface area contributed by atoms with Gasteiger partial charge >= 0.3 is 0 Å². The largest absolute Gasteiger partial charge is 0.394 e. The fourth-order valence-corrected chi connectivity index (χ4v) is 7.21. The number of aliphatic hydroxyl groups excluding tert-OH is 5. The molecular weight excluding hydrogens is 670 g/mol. The van der Waals surface area contributed by atoms with E-state index in [-0.39, 0.29) is 12.5 Å². The molecule has 1 amide bonds. The highest BCUT2D eigenvalue weighted by molar-refractivity contribution is 5.76. The summed E-state index contributed by atoms with van der Waals surface area (Å²) in [6, 6.07) is -0.796. The van der Waals surface area contributed by atoms with Crippen LogP contribution in [0, 0.1) is 0 Å². The standard InChI is InChI=1S/C44H85NO8/c1-3-5-7-9-11-12-13-14-15-16-17-18-19-20-21-22-23-24-25-26-27-28-29-31-33-38(47)37(45-40(48)34-32-30-10-8-6-4-2)36-52-44-43(51)42(50)41(49)39(35-46)53-44/h31,33,37-39,41-44,46-47,49-51H,3-30,32,34-36H2,1-2H3,(H,45,48)/b33-31+. The summed E-state index contributed by atoms with van der Waals surface area (Å²) in [5, 5.41) is 53.9. The average Bonchev–Trinajstić information content (AvgIpc) is 3.16. The Kier molecular flexibility index (Phi) is 33.3. The number of aliphatic hydroxyl groups is 5. The van der Waals surface area contributed by atoms with Crippen LogP contribution in [-0.2, 0) is 14.3 Å². The lowest BCUT2D eigenvalue weighted by molar-refractivity contribution is -0.302. The molecule has 6 N–H and O–H groups in total. The summed E-state index contributed by atoms with van der Waals surface area (Å²) in [5.74, 6) is -0.185. The van der Waals surface area contributed by atoms with Gasteiger partial charge in [-0.3, -0.25) is 4.79 Å². The zero-order chi connectivity index (χ0) is 38.8. The van der Waals surface area contributed by atoms with Crippen LogP contribution in [0.3, 0.4) is 0 Å². The van der Waals surface area contributed by atoms with Crippen molar-refractivity contribution in [1.29, 1.82) is 0 Å². The molecule has 1 aliphatic heterocycles. The summed E-state index contributed by atoms with van der Waals surface area (Å²) >= 11 is 0. The number of nitrogens with one attached hydrogen (secondary N) is 1. The van der Waals surface area contributed by atoms with Gasteiger partial charge in [0.15, 0.2) is 6.29 Å². The Morgan fingerprint density at radius 3 is 1.47 bits per heavy atom. The van der Waals surface area contributed by atoms with E-state index in [2.05, 4.69) is 19.2 Å². The van der Waals surface area contributed by atoms with Crippen molar-refractivity contribution in [1.82, 2.24) is 5.32 Å². The zero-order valence-corrected chi connectivity index (χ0v) is 34.3. The molecule has 0 aromatic rings. The Morgan fingerprint density at radius 2 is 1.04 bits per heavy atom. The Balaban J connectivity index is 2.20. The van der Waals surface area contributed by atoms with E-state index in [0.717, 1.165) is 44.9 Å². The molecule has 53 heavy (non-hydrogen) atoms. The molecule has 1 saturated heterocycles. The van der Waals surface area contributed by atoms with Crippen molar-refractivity contribution in [3.05, 3.63) is 12.2 Å². The van der Waals surface area contributed by atoms with E-state index in [9.17, 15) is 30.3 Å². The fraction of sp³-hybridized carbons (Fsp3) is 0.932. The topological polar surface area (TPSA) is 149 Å². The summed E-state index contributed by atoms with van der Waals surface area (Å²) in [7, 11) is 0. The Morgan fingerprint density at radius 1 is 0.623 bits per heavy atom. The van der Waals surface area contributed by atoms with Crippen LogP contribution >= 0.6 is 0 Å². The highest BCUT2D eigenvalue weighted by Gasteiger charge is 2.44. The number of hydrogen-bond donors (Lipinski definition) is 6. The molecule has 0 aromatic heterocycles. The lowest BCUT2D eigenvalue weighted by Crippen LogP contribution is -2.60. The number of ether oxygens (including phenoxy) is 2. The maximum Gasteiger partial charge on any atom is 0.220 e. The van der Waals surface area contributed by atoms with Crippen molar-refractivity contribution >= 4 is 5.91 Å². The molecular formula is C44H85NO8. The van der Waals surface area contributed by atoms with E-state index in [1.807, 2.05) is 6.08 Å². The van der Waals surface area contributed by atoms with Crippen LogP contribution in [0.15, 0.2) is 12.2 Å². The van der Waals surface area contributed by atoms with E-state index in [0.29, 0.717) is 6.42 Å². The predicted octanol–water partition coefficient (Wildman–Crippen LogP) is 8.95. The van der Waals surface area contributed by atoms with Crippen LogP contribution in [0.1, 0.15) is 206 Å². The van der Waals surface area contributed by atoms with Crippen LogP contribution in [0.4, 0.5) is 0 Å². The van der Waals surface area contributed by atoms with Crippen molar-refractivity contribution in [3.63, 3.8) is 0 Å². The third-order valence-corrected chi connectivity index (χ3v) is 10.9. The fourth-order valence-electron chi connectivity index (χ4n) is 7.21. The van der Waals surface area contributed by atoms with Gasteiger partial charge in [-0.25, -0.2) is 0 Å². The van der Waals surface area contributed by atoms with Gasteiger partial charge in [0, 0.05) is 6.42 Å². The van der Waals surface area contributed by atoms with E-state index < -0.39 is 49.5 Å². The van der Waals surface area contributed by atoms with Crippen molar-refractivity contribution in [2.75, 3.05) is 13.2 Å². The number of unbranched alkanes of at least 4 members (excludes halogenated alkanes) is 27. The maximum absolute atomic E-state index is 12.8. The lowest BCUT2D eigenvalue weighted by Gasteiger charge is -2.40. The van der Waals surface area contributed by atoms with Crippen LogP contribution in [0.2, 0.25) is 0 Å². The van der Waals surface area contributed by atoms with Gasteiger partial charge < -0.3 is 40.3 Å². The Hall–Kier alpha value is -1.07. The minimum atomic E-state index is -1.56. The van der Waals surface area contributed by atoms with Crippen molar-refractivity contribution < 1.29 is 39.8 Å². The average molecular weight is 756 g/mol. The van der Waals surface area contributed by atoms with Crippen LogP contribution in [0.25, 0.3) is 0 Å². The first-order chi connectivity index (χ1) is 25.8. The summed E-state index contributed by atoms with van der Waals surface area (Å²) < 4.78 is 11.1. The third-order valence-electron chi connectivity index (χ3n) is 10.9. The van der Waals surface area contributed by atoms with Crippen LogP contribution < -0.4 is 5.32 Å². The Labute approximate surface area is 325 Å². The number of rotatable bonds is 37. The molecule has 7 unspecified atom stereocenters. The number of amides is 1. The molecule has 1 rings (SSSR count). The molecule has 314 valence electrons. The first-order valence-corrected chi connectivity index (χ1v) is 22.4. The lowest BCUT2D eigenvalue weighted by atomic mass is 9.99. The summed E-state index contributed by atoms with van der Waals surface area (Å²) in [4.78, 5) is 12.8. The van der Waals surface area contributed by atoms with E-state index >= 15 is 0 Å². The minimum Gasteiger partial charge on any atom is -0.394 e. The number of allylic oxidation sites excluding steroid dienone is 1. The van der Waals surface area contributed by atoms with Crippen molar-refractivity contribution in [2.45, 2.75) is 249 Å². The molecule has 0 bridgehead atoms. The van der Waals surface area contributed by atoms with Gasteiger partial charge in [0.1, 0.15) is 24.4 Å². The molecule has 9 heteroatoms. The highest BCUT2D eigenvalue weighted by Crippen LogP contribution is 2.23. The van der Waals surface area contributed by atoms with Gasteiger partial charge in [-0.2, -0.15) is 0 Å². The molecule has 0 radical (unpaired) electrons. The third kappa shape index (κ3) is 26.4. The van der Waals surface area contributed by atoms with E-state index in [1.165, 1.54) is 141 Å². The van der Waals surface area contributed by atoms with Gasteiger partial charge in [0.25, 0.3) is 0 Å². The molecule has 1 heterocycles. The second-order valence-corrected chi connectivity index (χ2v) is 15.9. The minimum absolute atomic E-state index is 0.185. The molecule has 0 aromatic carbocycles. The van der Waals surface area contributed by atoms with Gasteiger partial charge in [-0.15, -0.1) is 0 Å². The molecule has 0 spiro atoms. The molecule has 9 nitrogen and oxygen atoms in total. The monoisotopic (exact) mass is 756 g/mol. The second-order valence-electron chi connectivity index (χ2n) is 15.9. The first-order valence-electron chi connectivity index (χ1n) is 22.4. The van der Waals surface area contributed by atoms with Gasteiger partial charge in [0.05, 0.1) is 25.4 Å². The molecule has 0 aliphatic carbocycles. The van der Waals surface area contributed by atoms with E-state index in [4.69, 9.17) is 9.47 Å². The number of carbonyl (C=O) groups is 1. The van der Waals surface area contributed by atoms with Gasteiger partial charge in [-0.05, 0) is 19.3 Å². The highest BCUT2D eigenvalue weighted by atomic mass is 16.7. The zero-order valence-electron chi connectivity index (χ0n) is 34.3. The summed E-state index contributed by atoms with van der Waals surface area (Å²) in [5.41, 5.74) is 0. The molecule has 7 atom stereocenters. The normalized spacial score (nSPS) is 21.7. The predicted molar refractivity (Wildman–Crippen MR) is 217 cm³/mol. The summed E-state index contributed by atoms with van der Waals surface area (Å²) in [6.07, 6.45) is 33.0. The molecule has 0 saturated carbocycles.